The first-order valence-electron chi connectivity index (χ1n) is 9.37. The van der Waals surface area contributed by atoms with E-state index in [1.165, 1.54) is 43.2 Å². The quantitative estimate of drug-likeness (QED) is 0.386. The monoisotopic (exact) mass is 482 g/mol. The molecule has 12 heteroatoms. The van der Waals surface area contributed by atoms with Gasteiger partial charge >= 0.3 is 6.36 Å². The van der Waals surface area contributed by atoms with Crippen LogP contribution in [0, 0.1) is 0 Å². The maximum atomic E-state index is 12.5. The first-order valence-corrected chi connectivity index (χ1v) is 9.75. The SMILES string of the molecule is CNC(=O)C(=NOC)c1ccccc1COc1nn(-c2cccc(OC(F)(F)F)c2)cc1Cl. The molecule has 0 bridgehead atoms. The second-order valence-electron chi connectivity index (χ2n) is 6.42. The van der Waals surface area contributed by atoms with Gasteiger partial charge < -0.3 is 19.6 Å². The molecule has 0 saturated carbocycles. The van der Waals surface area contributed by atoms with Crippen LogP contribution in [0.4, 0.5) is 13.2 Å². The second kappa shape index (κ2) is 10.3. The van der Waals surface area contributed by atoms with Gasteiger partial charge in [-0.2, -0.15) is 0 Å². The Morgan fingerprint density at radius 1 is 1.21 bits per heavy atom. The highest BCUT2D eigenvalue weighted by Crippen LogP contribution is 2.28. The molecule has 0 spiro atoms. The minimum Gasteiger partial charge on any atom is -0.471 e. The van der Waals surface area contributed by atoms with E-state index in [1.807, 2.05) is 0 Å². The summed E-state index contributed by atoms with van der Waals surface area (Å²) in [6, 6.07) is 12.1. The van der Waals surface area contributed by atoms with Gasteiger partial charge in [0, 0.05) is 18.7 Å². The molecule has 1 heterocycles. The molecular formula is C21H18ClF3N4O4. The normalized spacial score (nSPS) is 11.8. The molecule has 0 aliphatic heterocycles. The van der Waals surface area contributed by atoms with E-state index in [1.54, 1.807) is 24.3 Å². The van der Waals surface area contributed by atoms with Gasteiger partial charge in [0.2, 0.25) is 0 Å². The van der Waals surface area contributed by atoms with Crippen molar-refractivity contribution in [2.75, 3.05) is 14.2 Å². The van der Waals surface area contributed by atoms with Gasteiger partial charge in [-0.05, 0) is 17.7 Å². The molecule has 1 amide bonds. The summed E-state index contributed by atoms with van der Waals surface area (Å²) < 4.78 is 48.4. The number of aromatic nitrogens is 2. The number of amides is 1. The van der Waals surface area contributed by atoms with Gasteiger partial charge in [0.25, 0.3) is 11.8 Å². The van der Waals surface area contributed by atoms with Gasteiger partial charge in [-0.3, -0.25) is 4.79 Å². The lowest BCUT2D eigenvalue weighted by molar-refractivity contribution is -0.274. The molecule has 0 unspecified atom stereocenters. The molecule has 0 fully saturated rings. The highest BCUT2D eigenvalue weighted by molar-refractivity contribution is 6.45. The Bertz CT molecular complexity index is 1160. The van der Waals surface area contributed by atoms with Crippen molar-refractivity contribution in [2.45, 2.75) is 13.0 Å². The lowest BCUT2D eigenvalue weighted by Gasteiger charge is -2.11. The van der Waals surface area contributed by atoms with Crippen LogP contribution in [-0.2, 0) is 16.2 Å². The van der Waals surface area contributed by atoms with E-state index < -0.39 is 18.0 Å². The molecule has 1 aromatic heterocycles. The van der Waals surface area contributed by atoms with Gasteiger partial charge in [0.1, 0.15) is 24.5 Å². The summed E-state index contributed by atoms with van der Waals surface area (Å²) in [5, 5.41) is 10.6. The van der Waals surface area contributed by atoms with Crippen molar-refractivity contribution in [3.63, 3.8) is 0 Å². The lowest BCUT2D eigenvalue weighted by Crippen LogP contribution is -2.29. The van der Waals surface area contributed by atoms with Crippen LogP contribution in [0.25, 0.3) is 5.69 Å². The Labute approximate surface area is 191 Å². The lowest BCUT2D eigenvalue weighted by atomic mass is 10.0. The zero-order valence-corrected chi connectivity index (χ0v) is 18.1. The number of hydrogen-bond acceptors (Lipinski definition) is 6. The van der Waals surface area contributed by atoms with E-state index >= 15 is 0 Å². The number of halogens is 4. The third-order valence-electron chi connectivity index (χ3n) is 4.22. The topological polar surface area (TPSA) is 87.0 Å². The molecule has 33 heavy (non-hydrogen) atoms. The number of hydrogen-bond donors (Lipinski definition) is 1. The molecule has 3 rings (SSSR count). The van der Waals surface area contributed by atoms with Gasteiger partial charge in [-0.15, -0.1) is 18.3 Å². The summed E-state index contributed by atoms with van der Waals surface area (Å²) in [5.41, 5.74) is 1.41. The molecule has 8 nitrogen and oxygen atoms in total. The van der Waals surface area contributed by atoms with Crippen molar-refractivity contribution in [3.8, 4) is 17.3 Å². The number of oxime groups is 1. The fourth-order valence-electron chi connectivity index (χ4n) is 2.84. The maximum Gasteiger partial charge on any atom is 0.573 e. The standard InChI is InChI=1S/C21H18ClF3N4O4/c1-26-19(30)18(28-31-2)16-9-4-3-6-13(16)12-32-20-17(22)11-29(27-20)14-7-5-8-15(10-14)33-21(23,24)25/h3-11H,12H2,1-2H3,(H,26,30). The number of nitrogens with zero attached hydrogens (tertiary/aromatic N) is 3. The average molecular weight is 483 g/mol. The summed E-state index contributed by atoms with van der Waals surface area (Å²) in [6.45, 7) is -0.0239. The first-order chi connectivity index (χ1) is 15.7. The Hall–Kier alpha value is -3.73. The van der Waals surface area contributed by atoms with E-state index in [4.69, 9.17) is 21.2 Å². The molecule has 2 aromatic carbocycles. The molecular weight excluding hydrogens is 465 g/mol. The van der Waals surface area contributed by atoms with Crippen molar-refractivity contribution in [2.24, 2.45) is 5.16 Å². The van der Waals surface area contributed by atoms with Gasteiger partial charge in [0.15, 0.2) is 5.71 Å². The number of ether oxygens (including phenoxy) is 2. The molecule has 0 saturated heterocycles. The summed E-state index contributed by atoms with van der Waals surface area (Å²) in [6.07, 6.45) is -3.43. The van der Waals surface area contributed by atoms with E-state index in [2.05, 4.69) is 20.3 Å². The largest absolute Gasteiger partial charge is 0.573 e. The molecule has 3 aromatic rings. The van der Waals surface area contributed by atoms with Crippen LogP contribution in [0.2, 0.25) is 5.02 Å². The van der Waals surface area contributed by atoms with Crippen molar-refractivity contribution in [3.05, 3.63) is 70.9 Å². The number of alkyl halides is 3. The molecule has 1 N–H and O–H groups in total. The van der Waals surface area contributed by atoms with Crippen LogP contribution >= 0.6 is 11.6 Å². The number of nitrogens with one attached hydrogen (secondary N) is 1. The van der Waals surface area contributed by atoms with Crippen LogP contribution in [0.5, 0.6) is 11.6 Å². The maximum absolute atomic E-state index is 12.5. The Morgan fingerprint density at radius 3 is 2.67 bits per heavy atom. The molecule has 0 aliphatic rings. The molecule has 0 radical (unpaired) electrons. The van der Waals surface area contributed by atoms with Crippen LogP contribution in [-0.4, -0.2) is 41.9 Å². The summed E-state index contributed by atoms with van der Waals surface area (Å²) in [5.74, 6) is -0.812. The Kier molecular flexibility index (Phi) is 7.44. The smallest absolute Gasteiger partial charge is 0.471 e. The molecule has 174 valence electrons. The minimum atomic E-state index is -4.82. The highest BCUT2D eigenvalue weighted by Gasteiger charge is 2.31. The fourth-order valence-corrected chi connectivity index (χ4v) is 3.02. The summed E-state index contributed by atoms with van der Waals surface area (Å²) >= 11 is 6.20. The third kappa shape index (κ3) is 6.16. The van der Waals surface area contributed by atoms with E-state index in [0.29, 0.717) is 11.1 Å². The zero-order valence-electron chi connectivity index (χ0n) is 17.4. The van der Waals surface area contributed by atoms with Crippen LogP contribution in [0.1, 0.15) is 11.1 Å². The third-order valence-corrected chi connectivity index (χ3v) is 4.48. The van der Waals surface area contributed by atoms with Crippen molar-refractivity contribution in [1.29, 1.82) is 0 Å². The predicted molar refractivity (Wildman–Crippen MR) is 114 cm³/mol. The van der Waals surface area contributed by atoms with Crippen molar-refractivity contribution < 1.29 is 32.3 Å². The number of likely N-dealkylation sites (N-methyl/N-ethyl adjacent to an activating group) is 1. The van der Waals surface area contributed by atoms with Crippen LogP contribution in [0.15, 0.2) is 59.9 Å². The van der Waals surface area contributed by atoms with Gasteiger partial charge in [-0.25, -0.2) is 4.68 Å². The number of benzene rings is 2. The fraction of sp³-hybridized carbons (Fsp3) is 0.190. The number of carbonyl (C=O) groups excluding carboxylic acids is 1. The summed E-state index contributed by atoms with van der Waals surface area (Å²) in [7, 11) is 2.79. The van der Waals surface area contributed by atoms with Crippen LogP contribution in [0.3, 0.4) is 0 Å². The highest BCUT2D eigenvalue weighted by atomic mass is 35.5. The number of rotatable bonds is 8. The Morgan fingerprint density at radius 2 is 1.97 bits per heavy atom. The molecule has 0 aliphatic carbocycles. The molecule has 0 atom stereocenters. The number of carbonyl (C=O) groups is 1. The van der Waals surface area contributed by atoms with Crippen molar-refractivity contribution in [1.82, 2.24) is 15.1 Å². The Balaban J connectivity index is 1.82. The average Bonchev–Trinajstić information content (AvgIpc) is 3.15. The van der Waals surface area contributed by atoms with Gasteiger partial charge in [0.05, 0.1) is 11.9 Å². The van der Waals surface area contributed by atoms with Crippen molar-refractivity contribution >= 4 is 23.2 Å². The second-order valence-corrected chi connectivity index (χ2v) is 6.83. The minimum absolute atomic E-state index is 0.0239. The van der Waals surface area contributed by atoms with E-state index in [9.17, 15) is 18.0 Å². The van der Waals surface area contributed by atoms with E-state index in [-0.39, 0.29) is 28.9 Å². The van der Waals surface area contributed by atoms with Gasteiger partial charge in [-0.1, -0.05) is 47.1 Å². The predicted octanol–water partition coefficient (Wildman–Crippen LogP) is 4.10. The van der Waals surface area contributed by atoms with Crippen LogP contribution < -0.4 is 14.8 Å². The van der Waals surface area contributed by atoms with E-state index in [0.717, 1.165) is 6.07 Å². The summed E-state index contributed by atoms with van der Waals surface area (Å²) in [4.78, 5) is 17.0. The first kappa shape index (κ1) is 23.9. The zero-order chi connectivity index (χ0) is 24.0.